The molecule has 0 unspecified atom stereocenters. The minimum atomic E-state index is -0.761. The van der Waals surface area contributed by atoms with Gasteiger partial charge in [-0.15, -0.1) is 20.4 Å². The number of rotatable bonds is 12. The second-order valence-corrected chi connectivity index (χ2v) is 17.6. The summed E-state index contributed by atoms with van der Waals surface area (Å²) in [6.07, 6.45) is 5.07. The molecule has 0 saturated carbocycles. The number of anilines is 6. The van der Waals surface area contributed by atoms with Gasteiger partial charge in [-0.05, 0) is 87.1 Å². The second-order valence-electron chi connectivity index (χ2n) is 17.6. The fourth-order valence-corrected chi connectivity index (χ4v) is 8.72. The average molecular weight is 965 g/mol. The molecule has 5 saturated heterocycles. The Bertz CT molecular complexity index is 2470. The summed E-state index contributed by atoms with van der Waals surface area (Å²) >= 11 is 0. The zero-order chi connectivity index (χ0) is 49.0. The zero-order valence-corrected chi connectivity index (χ0v) is 39.0. The summed E-state index contributed by atoms with van der Waals surface area (Å²) in [5.41, 5.74) is 19.3. The molecular formula is C46H60N16O8. The van der Waals surface area contributed by atoms with Gasteiger partial charge in [0.05, 0.1) is 26.4 Å². The molecule has 5 aliphatic rings. The van der Waals surface area contributed by atoms with Gasteiger partial charge in [0.1, 0.15) is 0 Å². The van der Waals surface area contributed by atoms with Crippen LogP contribution in [0.15, 0.2) is 48.5 Å². The lowest BCUT2D eigenvalue weighted by atomic mass is 9.98. The van der Waals surface area contributed by atoms with E-state index in [2.05, 4.69) is 46.3 Å². The fraction of sp³-hybridized carbons (Fsp3) is 0.500. The van der Waals surface area contributed by atoms with Gasteiger partial charge in [-0.2, -0.15) is 9.97 Å². The molecule has 5 fully saturated rings. The second kappa shape index (κ2) is 23.4. The normalized spacial score (nSPS) is 19.8. The maximum absolute atomic E-state index is 12.7. The number of benzene rings is 2. The van der Waals surface area contributed by atoms with E-state index in [4.69, 9.17) is 31.4 Å². The van der Waals surface area contributed by atoms with Crippen LogP contribution in [-0.4, -0.2) is 174 Å². The molecule has 24 nitrogen and oxygen atoms in total. The van der Waals surface area contributed by atoms with Crippen molar-refractivity contribution in [2.45, 2.75) is 50.6 Å². The van der Waals surface area contributed by atoms with Crippen molar-refractivity contribution in [2.75, 3.05) is 112 Å². The Morgan fingerprint density at radius 3 is 1.44 bits per heavy atom. The zero-order valence-electron chi connectivity index (χ0n) is 39.0. The standard InChI is InChI=1S/C26H34N8O5.C20H26N8O3/c27-22(35)21-23(28-19-5-3-18(4-6-19)25(37)33-10-14-39-15-11-33)30-26(32-31-21)34-9-1-2-20(16-34)29-24(36)17-7-12-38-13-8-17;21-14-2-1-7-28(12-14)20-24-18(16(17(22)29)25-26-20)23-15-5-3-13(4-6-15)19(30)27-8-10-31-11-9-27/h3-6,17,20H,1-2,7-16H2,(H2,27,35)(H,29,36)(H,28,30,32);3-6,14H,1-2,7-12,21H2,(H2,22,29)(H,23,24,26)/t20-;14-/m11/s1. The molecule has 5 aliphatic heterocycles. The summed E-state index contributed by atoms with van der Waals surface area (Å²) in [5, 5.41) is 25.6. The maximum Gasteiger partial charge on any atom is 0.273 e. The van der Waals surface area contributed by atoms with E-state index in [9.17, 15) is 24.0 Å². The molecule has 70 heavy (non-hydrogen) atoms. The van der Waals surface area contributed by atoms with Crippen molar-refractivity contribution in [3.8, 4) is 0 Å². The first kappa shape index (κ1) is 49.3. The monoisotopic (exact) mass is 964 g/mol. The summed E-state index contributed by atoms with van der Waals surface area (Å²) in [6.45, 7) is 8.29. The Hall–Kier alpha value is -7.15. The first-order chi connectivity index (χ1) is 34.0. The molecule has 9 rings (SSSR count). The summed E-state index contributed by atoms with van der Waals surface area (Å²) < 4.78 is 16.0. The highest BCUT2D eigenvalue weighted by molar-refractivity contribution is 5.98. The van der Waals surface area contributed by atoms with Gasteiger partial charge in [-0.25, -0.2) is 0 Å². The van der Waals surface area contributed by atoms with Crippen LogP contribution in [0.4, 0.5) is 34.9 Å². The van der Waals surface area contributed by atoms with Crippen LogP contribution < -0.4 is 43.0 Å². The van der Waals surface area contributed by atoms with Crippen LogP contribution in [0.3, 0.4) is 0 Å². The number of hydrogen-bond donors (Lipinski definition) is 6. The van der Waals surface area contributed by atoms with E-state index < -0.39 is 11.8 Å². The van der Waals surface area contributed by atoms with Gasteiger partial charge in [-0.3, -0.25) is 24.0 Å². The van der Waals surface area contributed by atoms with E-state index in [0.717, 1.165) is 45.1 Å². The predicted molar refractivity (Wildman–Crippen MR) is 256 cm³/mol. The van der Waals surface area contributed by atoms with Crippen molar-refractivity contribution in [3.63, 3.8) is 0 Å². The van der Waals surface area contributed by atoms with Crippen molar-refractivity contribution in [1.82, 2.24) is 45.5 Å². The molecule has 9 N–H and O–H groups in total. The minimum Gasteiger partial charge on any atom is -0.381 e. The van der Waals surface area contributed by atoms with Crippen molar-refractivity contribution < 1.29 is 38.2 Å². The summed E-state index contributed by atoms with van der Waals surface area (Å²) in [5.74, 6) is -0.436. The van der Waals surface area contributed by atoms with Gasteiger partial charge >= 0.3 is 0 Å². The molecule has 0 spiro atoms. The van der Waals surface area contributed by atoms with Crippen LogP contribution in [0.5, 0.6) is 0 Å². The van der Waals surface area contributed by atoms with Crippen LogP contribution in [-0.2, 0) is 19.0 Å². The lowest BCUT2D eigenvalue weighted by Gasteiger charge is -2.34. The molecule has 7 heterocycles. The van der Waals surface area contributed by atoms with Gasteiger partial charge in [0.2, 0.25) is 17.8 Å². The van der Waals surface area contributed by atoms with E-state index >= 15 is 0 Å². The van der Waals surface area contributed by atoms with Gasteiger partial charge in [0.25, 0.3) is 23.6 Å². The lowest BCUT2D eigenvalue weighted by Crippen LogP contribution is -2.50. The molecule has 0 radical (unpaired) electrons. The largest absolute Gasteiger partial charge is 0.381 e. The highest BCUT2D eigenvalue weighted by Crippen LogP contribution is 2.25. The predicted octanol–water partition coefficient (Wildman–Crippen LogP) is 0.812. The molecule has 2 aromatic carbocycles. The number of piperidine rings is 2. The lowest BCUT2D eigenvalue weighted by molar-refractivity contribution is -0.128. The number of hydrogen-bond acceptors (Lipinski definition) is 19. The van der Waals surface area contributed by atoms with Gasteiger partial charge in [0, 0.05) is 106 Å². The Morgan fingerprint density at radius 2 is 0.986 bits per heavy atom. The highest BCUT2D eigenvalue weighted by atomic mass is 16.5. The molecule has 2 aromatic heterocycles. The number of primary amides is 2. The third kappa shape index (κ3) is 12.7. The Balaban J connectivity index is 0.000000193. The van der Waals surface area contributed by atoms with E-state index in [-0.39, 0.29) is 58.7 Å². The topological polar surface area (TPSA) is 317 Å². The molecule has 24 heteroatoms. The quantitative estimate of drug-likeness (QED) is 0.114. The van der Waals surface area contributed by atoms with E-state index in [1.54, 1.807) is 58.3 Å². The summed E-state index contributed by atoms with van der Waals surface area (Å²) in [6, 6.07) is 13.9. The Labute approximate surface area is 404 Å². The van der Waals surface area contributed by atoms with Crippen LogP contribution >= 0.6 is 0 Å². The first-order valence-electron chi connectivity index (χ1n) is 23.7. The van der Waals surface area contributed by atoms with Gasteiger partial charge in [-0.1, -0.05) is 0 Å². The minimum absolute atomic E-state index is 0.0201. The summed E-state index contributed by atoms with van der Waals surface area (Å²) in [7, 11) is 0. The average Bonchev–Trinajstić information content (AvgIpc) is 3.39. The molecule has 0 bridgehead atoms. The van der Waals surface area contributed by atoms with E-state index in [1.165, 1.54) is 0 Å². The third-order valence-corrected chi connectivity index (χ3v) is 12.6. The highest BCUT2D eigenvalue weighted by Gasteiger charge is 2.29. The third-order valence-electron chi connectivity index (χ3n) is 12.6. The molecule has 0 aliphatic carbocycles. The van der Waals surface area contributed by atoms with E-state index in [1.807, 2.05) is 9.80 Å². The van der Waals surface area contributed by atoms with Crippen LogP contribution in [0.2, 0.25) is 0 Å². The van der Waals surface area contributed by atoms with Crippen molar-refractivity contribution >= 4 is 64.4 Å². The smallest absolute Gasteiger partial charge is 0.273 e. The number of nitrogens with one attached hydrogen (secondary N) is 3. The number of carbonyl (C=O) groups is 5. The van der Waals surface area contributed by atoms with Crippen molar-refractivity contribution in [2.24, 2.45) is 23.1 Å². The molecular weight excluding hydrogens is 905 g/mol. The Morgan fingerprint density at radius 1 is 0.543 bits per heavy atom. The number of nitrogens with two attached hydrogens (primary N) is 3. The SMILES string of the molecule is NC(=O)c1nnc(N2CCC[C@@H](N)C2)nc1Nc1ccc(C(=O)N2CCOCC2)cc1.NC(=O)c1nnc(N2CCC[C@@H](NC(=O)C3CCOCC3)C2)nc1Nc1ccc(C(=O)N2CCOCC2)cc1. The number of nitrogens with zero attached hydrogens (tertiary/aromatic N) is 10. The van der Waals surface area contributed by atoms with Crippen LogP contribution in [0.25, 0.3) is 0 Å². The fourth-order valence-electron chi connectivity index (χ4n) is 8.72. The number of aromatic nitrogens is 6. The molecule has 2 atom stereocenters. The number of amides is 5. The van der Waals surface area contributed by atoms with Crippen LogP contribution in [0.1, 0.15) is 80.2 Å². The van der Waals surface area contributed by atoms with E-state index in [0.29, 0.717) is 120 Å². The van der Waals surface area contributed by atoms with Gasteiger partial charge < -0.3 is 67.0 Å². The number of morpholine rings is 2. The molecule has 4 aromatic rings. The summed E-state index contributed by atoms with van der Waals surface area (Å²) in [4.78, 5) is 78.4. The van der Waals surface area contributed by atoms with Gasteiger partial charge in [0.15, 0.2) is 23.0 Å². The maximum atomic E-state index is 12.7. The van der Waals surface area contributed by atoms with Crippen LogP contribution in [0, 0.1) is 5.92 Å². The van der Waals surface area contributed by atoms with Crippen molar-refractivity contribution in [1.29, 1.82) is 0 Å². The Kier molecular flexibility index (Phi) is 16.5. The number of ether oxygens (including phenoxy) is 3. The first-order valence-corrected chi connectivity index (χ1v) is 23.7. The molecule has 5 amide bonds. The molecule has 372 valence electrons. The number of carbonyl (C=O) groups excluding carboxylic acids is 5. The van der Waals surface area contributed by atoms with Crippen molar-refractivity contribution in [3.05, 3.63) is 71.0 Å².